The van der Waals surface area contributed by atoms with Crippen molar-refractivity contribution < 1.29 is 0 Å². The molecule has 0 amide bonds. The molecule has 0 aliphatic carbocycles. The van der Waals surface area contributed by atoms with Crippen LogP contribution in [-0.4, -0.2) is 4.98 Å². The molecule has 0 aliphatic rings. The van der Waals surface area contributed by atoms with Gasteiger partial charge in [0, 0.05) is 12.4 Å². The lowest BCUT2D eigenvalue weighted by atomic mass is 9.96. The normalized spacial score (nSPS) is 9.52. The second-order valence-electron chi connectivity index (χ2n) is 4.58. The SMILES string of the molecule is C(=C(c1ccccc1)c1ccccc1)c1cccnc1.Cl. The molecule has 2 aromatic carbocycles. The first-order valence-corrected chi connectivity index (χ1v) is 6.66. The van der Waals surface area contributed by atoms with Gasteiger partial charge in [0.1, 0.15) is 0 Å². The van der Waals surface area contributed by atoms with Crippen LogP contribution in [-0.2, 0) is 0 Å². The van der Waals surface area contributed by atoms with Crippen LogP contribution < -0.4 is 0 Å². The predicted molar refractivity (Wildman–Crippen MR) is 91.3 cm³/mol. The van der Waals surface area contributed by atoms with Gasteiger partial charge in [-0.25, -0.2) is 0 Å². The van der Waals surface area contributed by atoms with Gasteiger partial charge in [-0.1, -0.05) is 66.7 Å². The number of pyridine rings is 1. The van der Waals surface area contributed by atoms with Crippen molar-refractivity contribution in [2.45, 2.75) is 0 Å². The van der Waals surface area contributed by atoms with E-state index >= 15 is 0 Å². The summed E-state index contributed by atoms with van der Waals surface area (Å²) in [6.07, 6.45) is 5.85. The van der Waals surface area contributed by atoms with Gasteiger partial charge in [0.2, 0.25) is 0 Å². The highest BCUT2D eigenvalue weighted by atomic mass is 35.5. The lowest BCUT2D eigenvalue weighted by Gasteiger charge is -2.08. The second kappa shape index (κ2) is 7.41. The fourth-order valence-electron chi connectivity index (χ4n) is 2.20. The monoisotopic (exact) mass is 293 g/mol. The zero-order chi connectivity index (χ0) is 13.6. The predicted octanol–water partition coefficient (Wildman–Crippen LogP) is 5.09. The molecule has 21 heavy (non-hydrogen) atoms. The Morgan fingerprint density at radius 2 is 1.29 bits per heavy atom. The quantitative estimate of drug-likeness (QED) is 0.655. The van der Waals surface area contributed by atoms with Crippen LogP contribution in [0.15, 0.2) is 85.2 Å². The molecule has 0 saturated carbocycles. The zero-order valence-corrected chi connectivity index (χ0v) is 12.3. The van der Waals surface area contributed by atoms with Gasteiger partial charge in [-0.2, -0.15) is 0 Å². The molecular weight excluding hydrogens is 278 g/mol. The van der Waals surface area contributed by atoms with Crippen LogP contribution in [0.2, 0.25) is 0 Å². The Morgan fingerprint density at radius 1 is 0.714 bits per heavy atom. The average molecular weight is 294 g/mol. The van der Waals surface area contributed by atoms with Crippen molar-refractivity contribution in [1.29, 1.82) is 0 Å². The molecule has 0 atom stereocenters. The number of nitrogens with zero attached hydrogens (tertiary/aromatic N) is 1. The first-order valence-electron chi connectivity index (χ1n) is 6.66. The van der Waals surface area contributed by atoms with Crippen LogP contribution >= 0.6 is 12.4 Å². The lowest BCUT2D eigenvalue weighted by Crippen LogP contribution is -1.88. The van der Waals surface area contributed by atoms with E-state index in [1.54, 1.807) is 6.20 Å². The zero-order valence-electron chi connectivity index (χ0n) is 11.5. The lowest BCUT2D eigenvalue weighted by molar-refractivity contribution is 1.32. The van der Waals surface area contributed by atoms with Gasteiger partial charge in [0.15, 0.2) is 0 Å². The van der Waals surface area contributed by atoms with Crippen LogP contribution in [0, 0.1) is 0 Å². The van der Waals surface area contributed by atoms with Crippen LogP contribution in [0.4, 0.5) is 0 Å². The van der Waals surface area contributed by atoms with Crippen molar-refractivity contribution in [1.82, 2.24) is 4.98 Å². The molecule has 0 spiro atoms. The van der Waals surface area contributed by atoms with E-state index in [2.05, 4.69) is 65.7 Å². The summed E-state index contributed by atoms with van der Waals surface area (Å²) in [6, 6.07) is 24.9. The summed E-state index contributed by atoms with van der Waals surface area (Å²) in [4.78, 5) is 4.18. The van der Waals surface area contributed by atoms with Gasteiger partial charge in [0.05, 0.1) is 0 Å². The molecule has 0 radical (unpaired) electrons. The fraction of sp³-hybridized carbons (Fsp3) is 0. The van der Waals surface area contributed by atoms with E-state index in [9.17, 15) is 0 Å². The first kappa shape index (κ1) is 15.0. The van der Waals surface area contributed by atoms with Crippen LogP contribution in [0.5, 0.6) is 0 Å². The summed E-state index contributed by atoms with van der Waals surface area (Å²) in [5, 5.41) is 0. The Balaban J connectivity index is 0.00000161. The van der Waals surface area contributed by atoms with Crippen molar-refractivity contribution in [2.75, 3.05) is 0 Å². The minimum atomic E-state index is 0. The van der Waals surface area contributed by atoms with E-state index in [1.807, 2.05) is 24.4 Å². The molecule has 0 aliphatic heterocycles. The molecule has 0 N–H and O–H groups in total. The van der Waals surface area contributed by atoms with Gasteiger partial charge in [0.25, 0.3) is 0 Å². The van der Waals surface area contributed by atoms with Crippen molar-refractivity contribution >= 4 is 24.1 Å². The molecule has 1 heterocycles. The third-order valence-corrected chi connectivity index (χ3v) is 3.17. The van der Waals surface area contributed by atoms with Crippen molar-refractivity contribution in [3.05, 3.63) is 102 Å². The van der Waals surface area contributed by atoms with Gasteiger partial charge in [-0.15, -0.1) is 12.4 Å². The Labute approximate surface area is 131 Å². The Morgan fingerprint density at radius 3 is 1.76 bits per heavy atom. The van der Waals surface area contributed by atoms with E-state index in [-0.39, 0.29) is 12.4 Å². The van der Waals surface area contributed by atoms with E-state index < -0.39 is 0 Å². The number of benzene rings is 2. The molecule has 0 saturated heterocycles. The smallest absolute Gasteiger partial charge is 0.0340 e. The number of hydrogen-bond acceptors (Lipinski definition) is 1. The second-order valence-corrected chi connectivity index (χ2v) is 4.58. The van der Waals surface area contributed by atoms with E-state index in [0.29, 0.717) is 0 Å². The molecule has 1 aromatic heterocycles. The molecule has 2 heteroatoms. The Kier molecular flexibility index (Phi) is 5.30. The minimum Gasteiger partial charge on any atom is -0.264 e. The molecule has 3 rings (SSSR count). The molecule has 3 aromatic rings. The van der Waals surface area contributed by atoms with E-state index in [1.165, 1.54) is 16.7 Å². The number of hydrogen-bond donors (Lipinski definition) is 0. The maximum Gasteiger partial charge on any atom is 0.0340 e. The third-order valence-electron chi connectivity index (χ3n) is 3.17. The molecule has 1 nitrogen and oxygen atoms in total. The Bertz CT molecular complexity index is 650. The standard InChI is InChI=1S/C19H15N.ClH/c1-3-9-17(10-4-1)19(18-11-5-2-6-12-18)14-16-8-7-13-20-15-16;/h1-15H;1H. The molecule has 0 unspecified atom stereocenters. The highest BCUT2D eigenvalue weighted by Crippen LogP contribution is 2.25. The van der Waals surface area contributed by atoms with Gasteiger partial charge >= 0.3 is 0 Å². The summed E-state index contributed by atoms with van der Waals surface area (Å²) in [5.41, 5.74) is 4.74. The van der Waals surface area contributed by atoms with Crippen molar-refractivity contribution in [3.8, 4) is 0 Å². The number of rotatable bonds is 3. The largest absolute Gasteiger partial charge is 0.264 e. The molecular formula is C19H16ClN. The van der Waals surface area contributed by atoms with Gasteiger partial charge < -0.3 is 0 Å². The molecule has 104 valence electrons. The Hall–Kier alpha value is -2.38. The third kappa shape index (κ3) is 3.80. The highest BCUT2D eigenvalue weighted by molar-refractivity contribution is 5.91. The average Bonchev–Trinajstić information content (AvgIpc) is 2.55. The summed E-state index contributed by atoms with van der Waals surface area (Å²) in [7, 11) is 0. The maximum absolute atomic E-state index is 4.18. The summed E-state index contributed by atoms with van der Waals surface area (Å²) in [5.74, 6) is 0. The maximum atomic E-state index is 4.18. The van der Waals surface area contributed by atoms with Crippen LogP contribution in [0.25, 0.3) is 11.6 Å². The minimum absolute atomic E-state index is 0. The van der Waals surface area contributed by atoms with Gasteiger partial charge in [-0.05, 0) is 34.4 Å². The van der Waals surface area contributed by atoms with E-state index in [0.717, 1.165) is 5.56 Å². The number of aromatic nitrogens is 1. The fourth-order valence-corrected chi connectivity index (χ4v) is 2.20. The summed E-state index contributed by atoms with van der Waals surface area (Å²) >= 11 is 0. The number of halogens is 1. The van der Waals surface area contributed by atoms with Crippen molar-refractivity contribution in [3.63, 3.8) is 0 Å². The summed E-state index contributed by atoms with van der Waals surface area (Å²) < 4.78 is 0. The molecule has 0 fully saturated rings. The summed E-state index contributed by atoms with van der Waals surface area (Å²) in [6.45, 7) is 0. The molecule has 0 bridgehead atoms. The van der Waals surface area contributed by atoms with Crippen LogP contribution in [0.1, 0.15) is 16.7 Å². The topological polar surface area (TPSA) is 12.9 Å². The highest BCUT2D eigenvalue weighted by Gasteiger charge is 2.04. The van der Waals surface area contributed by atoms with Crippen LogP contribution in [0.3, 0.4) is 0 Å². The first-order chi connectivity index (χ1) is 9.93. The van der Waals surface area contributed by atoms with E-state index in [4.69, 9.17) is 0 Å². The van der Waals surface area contributed by atoms with Crippen molar-refractivity contribution in [2.24, 2.45) is 0 Å². The van der Waals surface area contributed by atoms with Gasteiger partial charge in [-0.3, -0.25) is 4.98 Å².